The number of hydrogen-bond acceptors (Lipinski definition) is 4. The van der Waals surface area contributed by atoms with Gasteiger partial charge in [-0.3, -0.25) is 4.98 Å². The molecule has 0 fully saturated rings. The number of hydrogen-bond donors (Lipinski definition) is 0. The Morgan fingerprint density at radius 1 is 1.46 bits per heavy atom. The third-order valence-corrected chi connectivity index (χ3v) is 1.69. The molecule has 2 heterocycles. The fraction of sp³-hybridized carbons (Fsp3) is 0.222. The van der Waals surface area contributed by atoms with Gasteiger partial charge in [-0.15, -0.1) is 0 Å². The lowest BCUT2D eigenvalue weighted by molar-refractivity contribution is 0.423. The Balaban J connectivity index is 2.36. The molecule has 0 saturated carbocycles. The standard InChI is InChI=1S/C9H9N3O/c1-2-8-11-9(13-12-8)7-4-3-5-10-6-7/h3-6H,2H2,1H3. The van der Waals surface area contributed by atoms with Gasteiger partial charge in [-0.2, -0.15) is 4.98 Å². The lowest BCUT2D eigenvalue weighted by atomic mass is 10.3. The average Bonchev–Trinajstić information content (AvgIpc) is 2.67. The van der Waals surface area contributed by atoms with Crippen molar-refractivity contribution in [2.75, 3.05) is 0 Å². The molecular weight excluding hydrogens is 166 g/mol. The van der Waals surface area contributed by atoms with Gasteiger partial charge in [-0.05, 0) is 12.1 Å². The molecule has 0 spiro atoms. The molecule has 0 amide bonds. The Morgan fingerprint density at radius 3 is 3.00 bits per heavy atom. The van der Waals surface area contributed by atoms with E-state index in [1.165, 1.54) is 0 Å². The normalized spacial score (nSPS) is 10.2. The second-order valence-electron chi connectivity index (χ2n) is 2.61. The smallest absolute Gasteiger partial charge is 0.259 e. The van der Waals surface area contributed by atoms with E-state index in [0.717, 1.165) is 17.8 Å². The largest absolute Gasteiger partial charge is 0.334 e. The maximum atomic E-state index is 5.04. The van der Waals surface area contributed by atoms with Crippen LogP contribution >= 0.6 is 0 Å². The first kappa shape index (κ1) is 7.91. The zero-order chi connectivity index (χ0) is 9.10. The van der Waals surface area contributed by atoms with E-state index in [2.05, 4.69) is 15.1 Å². The van der Waals surface area contributed by atoms with E-state index in [0.29, 0.717) is 5.89 Å². The molecule has 0 atom stereocenters. The van der Waals surface area contributed by atoms with Crippen LogP contribution in [0.25, 0.3) is 11.5 Å². The number of rotatable bonds is 2. The van der Waals surface area contributed by atoms with Gasteiger partial charge >= 0.3 is 0 Å². The molecule has 0 radical (unpaired) electrons. The Morgan fingerprint density at radius 2 is 2.38 bits per heavy atom. The highest BCUT2D eigenvalue weighted by molar-refractivity contribution is 5.50. The predicted octanol–water partition coefficient (Wildman–Crippen LogP) is 1.69. The van der Waals surface area contributed by atoms with Gasteiger partial charge < -0.3 is 4.52 Å². The topological polar surface area (TPSA) is 51.8 Å². The van der Waals surface area contributed by atoms with Crippen molar-refractivity contribution in [1.29, 1.82) is 0 Å². The molecule has 2 rings (SSSR count). The minimum absolute atomic E-state index is 0.532. The summed E-state index contributed by atoms with van der Waals surface area (Å²) in [6.45, 7) is 1.98. The monoisotopic (exact) mass is 175 g/mol. The van der Waals surface area contributed by atoms with Crippen molar-refractivity contribution >= 4 is 0 Å². The SMILES string of the molecule is CCc1noc(-c2cccnc2)n1. The van der Waals surface area contributed by atoms with Gasteiger partial charge in [-0.1, -0.05) is 12.1 Å². The fourth-order valence-corrected chi connectivity index (χ4v) is 1.00. The van der Waals surface area contributed by atoms with Crippen LogP contribution in [0.2, 0.25) is 0 Å². The Hall–Kier alpha value is -1.71. The molecule has 0 N–H and O–H groups in total. The minimum Gasteiger partial charge on any atom is -0.334 e. The molecule has 0 aliphatic heterocycles. The van der Waals surface area contributed by atoms with Gasteiger partial charge in [0.1, 0.15) is 0 Å². The van der Waals surface area contributed by atoms with Gasteiger partial charge in [0, 0.05) is 18.8 Å². The molecule has 4 heteroatoms. The quantitative estimate of drug-likeness (QED) is 0.697. The highest BCUT2D eigenvalue weighted by atomic mass is 16.5. The molecular formula is C9H9N3O. The van der Waals surface area contributed by atoms with E-state index in [-0.39, 0.29) is 0 Å². The molecule has 0 bridgehead atoms. The van der Waals surface area contributed by atoms with Crippen molar-refractivity contribution < 1.29 is 4.52 Å². The molecule has 0 saturated heterocycles. The second-order valence-corrected chi connectivity index (χ2v) is 2.61. The summed E-state index contributed by atoms with van der Waals surface area (Å²) in [4.78, 5) is 8.15. The van der Waals surface area contributed by atoms with Crippen LogP contribution in [0.5, 0.6) is 0 Å². The first-order valence-corrected chi connectivity index (χ1v) is 4.13. The highest BCUT2D eigenvalue weighted by Gasteiger charge is 2.06. The summed E-state index contributed by atoms with van der Waals surface area (Å²) in [7, 11) is 0. The van der Waals surface area contributed by atoms with Gasteiger partial charge in [-0.25, -0.2) is 0 Å². The van der Waals surface area contributed by atoms with E-state index < -0.39 is 0 Å². The Bertz CT molecular complexity index is 383. The van der Waals surface area contributed by atoms with Crippen LogP contribution in [0.15, 0.2) is 29.0 Å². The average molecular weight is 175 g/mol. The molecule has 2 aromatic rings. The zero-order valence-electron chi connectivity index (χ0n) is 7.27. The van der Waals surface area contributed by atoms with E-state index >= 15 is 0 Å². The summed E-state index contributed by atoms with van der Waals surface area (Å²) in [5.41, 5.74) is 0.856. The molecule has 2 aromatic heterocycles. The summed E-state index contributed by atoms with van der Waals surface area (Å²) < 4.78 is 5.04. The molecule has 0 aliphatic carbocycles. The summed E-state index contributed by atoms with van der Waals surface area (Å²) in [5, 5.41) is 3.80. The van der Waals surface area contributed by atoms with Crippen LogP contribution in [0.4, 0.5) is 0 Å². The highest BCUT2D eigenvalue weighted by Crippen LogP contribution is 2.14. The fourth-order valence-electron chi connectivity index (χ4n) is 1.00. The van der Waals surface area contributed by atoms with Crippen molar-refractivity contribution in [1.82, 2.24) is 15.1 Å². The lowest BCUT2D eigenvalue weighted by Gasteiger charge is -1.89. The van der Waals surface area contributed by atoms with Crippen LogP contribution < -0.4 is 0 Å². The van der Waals surface area contributed by atoms with Gasteiger partial charge in [0.05, 0.1) is 5.56 Å². The minimum atomic E-state index is 0.532. The van der Waals surface area contributed by atoms with E-state index in [1.807, 2.05) is 19.1 Å². The number of aryl methyl sites for hydroxylation is 1. The van der Waals surface area contributed by atoms with Crippen LogP contribution in [-0.2, 0) is 6.42 Å². The number of pyridine rings is 1. The summed E-state index contributed by atoms with van der Waals surface area (Å²) in [5.74, 6) is 1.25. The molecule has 0 aromatic carbocycles. The summed E-state index contributed by atoms with van der Waals surface area (Å²) in [6, 6.07) is 3.73. The van der Waals surface area contributed by atoms with Crippen molar-refractivity contribution in [2.24, 2.45) is 0 Å². The molecule has 13 heavy (non-hydrogen) atoms. The van der Waals surface area contributed by atoms with Crippen LogP contribution in [-0.4, -0.2) is 15.1 Å². The Kier molecular flexibility index (Phi) is 2.04. The third-order valence-electron chi connectivity index (χ3n) is 1.69. The second kappa shape index (κ2) is 3.35. The van der Waals surface area contributed by atoms with Crippen molar-refractivity contribution in [3.05, 3.63) is 30.4 Å². The van der Waals surface area contributed by atoms with Crippen LogP contribution in [0.1, 0.15) is 12.7 Å². The molecule has 0 unspecified atom stereocenters. The first-order chi connectivity index (χ1) is 6.40. The van der Waals surface area contributed by atoms with Crippen molar-refractivity contribution in [3.8, 4) is 11.5 Å². The van der Waals surface area contributed by atoms with Gasteiger partial charge in [0.25, 0.3) is 5.89 Å². The number of aromatic nitrogens is 3. The zero-order valence-corrected chi connectivity index (χ0v) is 7.27. The predicted molar refractivity (Wildman–Crippen MR) is 46.9 cm³/mol. The van der Waals surface area contributed by atoms with Crippen LogP contribution in [0, 0.1) is 0 Å². The van der Waals surface area contributed by atoms with E-state index in [1.54, 1.807) is 12.4 Å². The maximum absolute atomic E-state index is 5.04. The summed E-state index contributed by atoms with van der Waals surface area (Å²) in [6.07, 6.45) is 4.19. The Labute approximate surface area is 75.6 Å². The van der Waals surface area contributed by atoms with Crippen molar-refractivity contribution in [3.63, 3.8) is 0 Å². The third kappa shape index (κ3) is 1.56. The van der Waals surface area contributed by atoms with Crippen LogP contribution in [0.3, 0.4) is 0 Å². The lowest BCUT2D eigenvalue weighted by Crippen LogP contribution is -1.82. The van der Waals surface area contributed by atoms with Gasteiger partial charge in [0.15, 0.2) is 5.82 Å². The van der Waals surface area contributed by atoms with Gasteiger partial charge in [0.2, 0.25) is 0 Å². The van der Waals surface area contributed by atoms with Crippen molar-refractivity contribution in [2.45, 2.75) is 13.3 Å². The summed E-state index contributed by atoms with van der Waals surface area (Å²) >= 11 is 0. The molecule has 66 valence electrons. The number of nitrogens with zero attached hydrogens (tertiary/aromatic N) is 3. The first-order valence-electron chi connectivity index (χ1n) is 4.13. The molecule has 0 aliphatic rings. The van der Waals surface area contributed by atoms with E-state index in [9.17, 15) is 0 Å². The molecule has 4 nitrogen and oxygen atoms in total. The maximum Gasteiger partial charge on any atom is 0.259 e. The van der Waals surface area contributed by atoms with E-state index in [4.69, 9.17) is 4.52 Å².